The summed E-state index contributed by atoms with van der Waals surface area (Å²) in [6, 6.07) is 0. The van der Waals surface area contributed by atoms with E-state index in [1.165, 1.54) is 5.57 Å². The molecule has 0 aromatic carbocycles. The van der Waals surface area contributed by atoms with Crippen molar-refractivity contribution in [2.24, 2.45) is 0 Å². The molecule has 0 fully saturated rings. The number of rotatable bonds is 1. The van der Waals surface area contributed by atoms with Gasteiger partial charge in [0.1, 0.15) is 5.60 Å². The van der Waals surface area contributed by atoms with E-state index >= 15 is 0 Å². The number of alkyl carbamates (subject to hydrolysis) is 1. The molecule has 1 atom stereocenters. The van der Waals surface area contributed by atoms with Crippen LogP contribution in [0.3, 0.4) is 0 Å². The Hall–Kier alpha value is -0.990. The Balaban J connectivity index is 2.51. The third kappa shape index (κ3) is 4.25. The van der Waals surface area contributed by atoms with E-state index in [9.17, 15) is 4.79 Å². The fraction of sp³-hybridized carbons (Fsp3) is 0.769. The molecule has 0 bridgehead atoms. The van der Waals surface area contributed by atoms with Crippen LogP contribution in [0.15, 0.2) is 11.6 Å². The Bertz CT molecular complexity index is 302. The van der Waals surface area contributed by atoms with E-state index in [0.29, 0.717) is 0 Å². The van der Waals surface area contributed by atoms with Gasteiger partial charge in [0.2, 0.25) is 0 Å². The highest BCUT2D eigenvalue weighted by atomic mass is 16.6. The average Bonchev–Trinajstić information content (AvgIpc) is 2.07. The predicted molar refractivity (Wildman–Crippen MR) is 65.4 cm³/mol. The van der Waals surface area contributed by atoms with Gasteiger partial charge in [-0.15, -0.1) is 0 Å². The predicted octanol–water partition coefficient (Wildman–Crippen LogP) is 3.40. The van der Waals surface area contributed by atoms with Crippen molar-refractivity contribution in [3.05, 3.63) is 11.6 Å². The van der Waals surface area contributed by atoms with Crippen LogP contribution in [0, 0.1) is 0 Å². The summed E-state index contributed by atoms with van der Waals surface area (Å²) in [6.45, 7) is 9.83. The molecule has 0 saturated carbocycles. The molecule has 0 radical (unpaired) electrons. The number of carbonyl (C=O) groups is 1. The summed E-state index contributed by atoms with van der Waals surface area (Å²) in [6.07, 6.45) is 4.79. The number of carbonyl (C=O) groups excluding carboxylic acids is 1. The average molecular weight is 225 g/mol. The number of nitrogens with one attached hydrogen (secondary N) is 1. The lowest BCUT2D eigenvalue weighted by Crippen LogP contribution is -2.48. The van der Waals surface area contributed by atoms with Gasteiger partial charge in [-0.05, 0) is 53.9 Å². The second-order valence-electron chi connectivity index (χ2n) is 5.94. The molecule has 1 aliphatic rings. The van der Waals surface area contributed by atoms with E-state index in [4.69, 9.17) is 4.74 Å². The topological polar surface area (TPSA) is 38.3 Å². The summed E-state index contributed by atoms with van der Waals surface area (Å²) in [4.78, 5) is 11.7. The Morgan fingerprint density at radius 1 is 1.50 bits per heavy atom. The van der Waals surface area contributed by atoms with Gasteiger partial charge < -0.3 is 10.1 Å². The van der Waals surface area contributed by atoms with E-state index in [-0.39, 0.29) is 11.6 Å². The van der Waals surface area contributed by atoms with Gasteiger partial charge in [-0.3, -0.25) is 0 Å². The number of ether oxygens (including phenoxy) is 1. The quantitative estimate of drug-likeness (QED) is 0.694. The summed E-state index contributed by atoms with van der Waals surface area (Å²) in [5, 5.41) is 2.97. The highest BCUT2D eigenvalue weighted by Gasteiger charge is 2.29. The minimum Gasteiger partial charge on any atom is -0.444 e. The van der Waals surface area contributed by atoms with Crippen molar-refractivity contribution < 1.29 is 9.53 Å². The third-order valence-corrected chi connectivity index (χ3v) is 2.77. The van der Waals surface area contributed by atoms with Crippen molar-refractivity contribution in [3.63, 3.8) is 0 Å². The van der Waals surface area contributed by atoms with Crippen LogP contribution >= 0.6 is 0 Å². The molecule has 1 amide bonds. The van der Waals surface area contributed by atoms with E-state index in [0.717, 1.165) is 19.3 Å². The smallest absolute Gasteiger partial charge is 0.408 e. The molecule has 92 valence electrons. The zero-order valence-electron chi connectivity index (χ0n) is 11.0. The first kappa shape index (κ1) is 13.1. The minimum absolute atomic E-state index is 0.151. The van der Waals surface area contributed by atoms with Crippen molar-refractivity contribution in [1.82, 2.24) is 5.32 Å². The first-order valence-electron chi connectivity index (χ1n) is 5.87. The zero-order chi connectivity index (χ0) is 12.4. The summed E-state index contributed by atoms with van der Waals surface area (Å²) in [5.41, 5.74) is 0.825. The summed E-state index contributed by atoms with van der Waals surface area (Å²) in [7, 11) is 0. The molecular weight excluding hydrogens is 202 g/mol. The fourth-order valence-corrected chi connectivity index (χ4v) is 1.74. The molecule has 0 spiro atoms. The monoisotopic (exact) mass is 225 g/mol. The molecule has 1 unspecified atom stereocenters. The largest absolute Gasteiger partial charge is 0.444 e. The second kappa shape index (κ2) is 4.48. The van der Waals surface area contributed by atoms with E-state index in [1.54, 1.807) is 0 Å². The first-order valence-corrected chi connectivity index (χ1v) is 5.87. The van der Waals surface area contributed by atoms with Crippen LogP contribution in [0.1, 0.15) is 53.9 Å². The third-order valence-electron chi connectivity index (χ3n) is 2.77. The van der Waals surface area contributed by atoms with Crippen LogP contribution in [-0.2, 0) is 4.74 Å². The van der Waals surface area contributed by atoms with Gasteiger partial charge in [0.15, 0.2) is 0 Å². The number of hydrogen-bond donors (Lipinski definition) is 1. The lowest BCUT2D eigenvalue weighted by Gasteiger charge is -2.34. The number of hydrogen-bond acceptors (Lipinski definition) is 2. The van der Waals surface area contributed by atoms with Crippen molar-refractivity contribution in [3.8, 4) is 0 Å². The molecular formula is C13H23NO2. The van der Waals surface area contributed by atoms with Crippen LogP contribution in [-0.4, -0.2) is 17.2 Å². The van der Waals surface area contributed by atoms with Crippen LogP contribution in [0.25, 0.3) is 0 Å². The van der Waals surface area contributed by atoms with Crippen molar-refractivity contribution >= 4 is 6.09 Å². The maximum Gasteiger partial charge on any atom is 0.408 e. The fourth-order valence-electron chi connectivity index (χ4n) is 1.74. The molecule has 0 heterocycles. The molecule has 3 nitrogen and oxygen atoms in total. The van der Waals surface area contributed by atoms with Crippen molar-refractivity contribution in [2.45, 2.75) is 65.0 Å². The summed E-state index contributed by atoms with van der Waals surface area (Å²) >= 11 is 0. The number of amides is 1. The maximum absolute atomic E-state index is 11.7. The molecule has 0 aromatic rings. The van der Waals surface area contributed by atoms with Gasteiger partial charge in [0.25, 0.3) is 0 Å². The lowest BCUT2D eigenvalue weighted by atomic mass is 9.85. The molecule has 0 saturated heterocycles. The van der Waals surface area contributed by atoms with E-state index in [2.05, 4.69) is 25.2 Å². The minimum atomic E-state index is -0.430. The van der Waals surface area contributed by atoms with Gasteiger partial charge in [-0.25, -0.2) is 4.79 Å². The lowest BCUT2D eigenvalue weighted by molar-refractivity contribution is 0.0457. The molecule has 1 aliphatic carbocycles. The Kier molecular flexibility index (Phi) is 3.66. The van der Waals surface area contributed by atoms with Crippen molar-refractivity contribution in [2.75, 3.05) is 0 Å². The van der Waals surface area contributed by atoms with Crippen molar-refractivity contribution in [1.29, 1.82) is 0 Å². The van der Waals surface area contributed by atoms with Gasteiger partial charge in [-0.2, -0.15) is 0 Å². The highest BCUT2D eigenvalue weighted by molar-refractivity contribution is 5.68. The number of allylic oxidation sites excluding steroid dienone is 1. The normalized spacial score (nSPS) is 25.9. The molecule has 16 heavy (non-hydrogen) atoms. The molecule has 1 rings (SSSR count). The van der Waals surface area contributed by atoms with Crippen LogP contribution in [0.2, 0.25) is 0 Å². The molecule has 0 aromatic heterocycles. The second-order valence-corrected chi connectivity index (χ2v) is 5.94. The standard InChI is InChI=1S/C13H23NO2/c1-10-6-8-13(5,9-7-10)14-11(15)16-12(2,3)4/h6H,7-9H2,1-5H3,(H,14,15). The molecule has 0 aliphatic heterocycles. The van der Waals surface area contributed by atoms with Gasteiger partial charge in [0, 0.05) is 5.54 Å². The Morgan fingerprint density at radius 2 is 2.12 bits per heavy atom. The molecule has 3 heteroatoms. The zero-order valence-corrected chi connectivity index (χ0v) is 11.0. The summed E-state index contributed by atoms with van der Waals surface area (Å²) < 4.78 is 5.26. The van der Waals surface area contributed by atoms with Crippen LogP contribution < -0.4 is 5.32 Å². The highest BCUT2D eigenvalue weighted by Crippen LogP contribution is 2.27. The SMILES string of the molecule is CC1=CCC(C)(NC(=O)OC(C)(C)C)CC1. The van der Waals surface area contributed by atoms with E-state index in [1.807, 2.05) is 20.8 Å². The van der Waals surface area contributed by atoms with Gasteiger partial charge in [0.05, 0.1) is 0 Å². The van der Waals surface area contributed by atoms with Crippen LogP contribution in [0.4, 0.5) is 4.79 Å². The maximum atomic E-state index is 11.7. The molecule has 1 N–H and O–H groups in total. The first-order chi connectivity index (χ1) is 7.20. The van der Waals surface area contributed by atoms with Crippen LogP contribution in [0.5, 0.6) is 0 Å². The van der Waals surface area contributed by atoms with Gasteiger partial charge >= 0.3 is 6.09 Å². The Labute approximate surface area is 98.2 Å². The van der Waals surface area contributed by atoms with E-state index < -0.39 is 5.60 Å². The summed E-state index contributed by atoms with van der Waals surface area (Å²) in [5.74, 6) is 0. The van der Waals surface area contributed by atoms with Gasteiger partial charge in [-0.1, -0.05) is 11.6 Å². The Morgan fingerprint density at radius 3 is 2.56 bits per heavy atom.